The molecule has 2 rings (SSSR count). The van der Waals surface area contributed by atoms with E-state index in [1.54, 1.807) is 14.1 Å². The van der Waals surface area contributed by atoms with Crippen LogP contribution in [0.2, 0.25) is 0 Å². The van der Waals surface area contributed by atoms with Gasteiger partial charge in [-0.3, -0.25) is 0 Å². The van der Waals surface area contributed by atoms with Gasteiger partial charge in [0.15, 0.2) is 0 Å². The van der Waals surface area contributed by atoms with Gasteiger partial charge in [-0.05, 0) is 37.6 Å². The number of fused-ring (bicyclic) bond motifs is 1. The molecule has 6 heteroatoms. The average Bonchev–Trinajstić information content (AvgIpc) is 2.81. The molecule has 0 aliphatic heterocycles. The fourth-order valence-electron chi connectivity index (χ4n) is 1.98. The highest BCUT2D eigenvalue weighted by atomic mass is 16.2. The summed E-state index contributed by atoms with van der Waals surface area (Å²) in [7, 11) is 3.42. The second-order valence-corrected chi connectivity index (χ2v) is 4.96. The van der Waals surface area contributed by atoms with Gasteiger partial charge in [0.2, 0.25) is 0 Å². The van der Waals surface area contributed by atoms with Crippen LogP contribution in [-0.4, -0.2) is 41.1 Å². The molecule has 6 nitrogen and oxygen atoms in total. The quantitative estimate of drug-likeness (QED) is 0.818. The van der Waals surface area contributed by atoms with Crippen LogP contribution >= 0.6 is 0 Å². The fourth-order valence-corrected chi connectivity index (χ4v) is 1.98. The Labute approximate surface area is 118 Å². The topological polar surface area (TPSA) is 76.2 Å². The molecule has 0 saturated carbocycles. The van der Waals surface area contributed by atoms with E-state index in [0.717, 1.165) is 36.1 Å². The maximum absolute atomic E-state index is 11.6. The third-order valence-corrected chi connectivity index (χ3v) is 3.13. The van der Waals surface area contributed by atoms with Gasteiger partial charge in [0.1, 0.15) is 0 Å². The van der Waals surface area contributed by atoms with Gasteiger partial charge in [-0.25, -0.2) is 9.78 Å². The van der Waals surface area contributed by atoms with Crippen LogP contribution in [0.4, 0.5) is 10.5 Å². The molecule has 0 unspecified atom stereocenters. The summed E-state index contributed by atoms with van der Waals surface area (Å²) in [6, 6.07) is 5.61. The van der Waals surface area contributed by atoms with Crippen LogP contribution in [0.3, 0.4) is 0 Å². The van der Waals surface area contributed by atoms with Crippen molar-refractivity contribution in [2.24, 2.45) is 5.73 Å². The van der Waals surface area contributed by atoms with Crippen LogP contribution in [0.15, 0.2) is 24.5 Å². The number of hydrogen-bond donors (Lipinski definition) is 2. The minimum absolute atomic E-state index is 0.147. The minimum atomic E-state index is -0.147. The maximum Gasteiger partial charge on any atom is 0.321 e. The number of nitrogens with zero attached hydrogens (tertiary/aromatic N) is 3. The highest BCUT2D eigenvalue weighted by molar-refractivity contribution is 5.91. The average molecular weight is 275 g/mol. The predicted octanol–water partition coefficient (Wildman–Crippen LogP) is 1.87. The molecule has 3 N–H and O–H groups in total. The Morgan fingerprint density at radius 1 is 1.40 bits per heavy atom. The van der Waals surface area contributed by atoms with Crippen LogP contribution < -0.4 is 11.1 Å². The summed E-state index contributed by atoms with van der Waals surface area (Å²) >= 11 is 0. The first kappa shape index (κ1) is 14.3. The molecule has 0 atom stereocenters. The number of anilines is 1. The number of carbonyl (C=O) groups is 1. The lowest BCUT2D eigenvalue weighted by atomic mass is 10.2. The van der Waals surface area contributed by atoms with Gasteiger partial charge >= 0.3 is 6.03 Å². The number of urea groups is 1. The van der Waals surface area contributed by atoms with Gasteiger partial charge in [-0.1, -0.05) is 0 Å². The van der Waals surface area contributed by atoms with Gasteiger partial charge in [0, 0.05) is 26.3 Å². The molecule has 0 bridgehead atoms. The standard InChI is InChI=1S/C14H21N5O/c1-18(2)14(20)17-11-5-6-13-12(9-11)16-10-19(13)8-4-3-7-15/h5-6,9-10H,3-4,7-8,15H2,1-2H3,(H,17,20). The van der Waals surface area contributed by atoms with Crippen molar-refractivity contribution in [3.8, 4) is 0 Å². The van der Waals surface area contributed by atoms with Crippen molar-refractivity contribution in [1.82, 2.24) is 14.5 Å². The first-order valence-corrected chi connectivity index (χ1v) is 6.75. The number of rotatable bonds is 5. The summed E-state index contributed by atoms with van der Waals surface area (Å²) in [4.78, 5) is 17.5. The van der Waals surface area contributed by atoms with Crippen molar-refractivity contribution < 1.29 is 4.79 Å². The number of imidazole rings is 1. The van der Waals surface area contributed by atoms with Crippen molar-refractivity contribution in [2.45, 2.75) is 19.4 Å². The normalized spacial score (nSPS) is 10.8. The number of nitrogens with one attached hydrogen (secondary N) is 1. The van der Waals surface area contributed by atoms with E-state index >= 15 is 0 Å². The van der Waals surface area contributed by atoms with Crippen LogP contribution in [-0.2, 0) is 6.54 Å². The summed E-state index contributed by atoms with van der Waals surface area (Å²) in [5.41, 5.74) is 8.21. The van der Waals surface area contributed by atoms with Gasteiger partial charge in [-0.15, -0.1) is 0 Å². The molecular formula is C14H21N5O. The van der Waals surface area contributed by atoms with Gasteiger partial charge in [0.25, 0.3) is 0 Å². The summed E-state index contributed by atoms with van der Waals surface area (Å²) in [5, 5.41) is 2.82. The summed E-state index contributed by atoms with van der Waals surface area (Å²) < 4.78 is 2.11. The molecule has 0 spiro atoms. The molecule has 0 aliphatic rings. The monoisotopic (exact) mass is 275 g/mol. The molecule has 0 radical (unpaired) electrons. The molecule has 20 heavy (non-hydrogen) atoms. The number of unbranched alkanes of at least 4 members (excludes halogenated alkanes) is 1. The maximum atomic E-state index is 11.6. The molecular weight excluding hydrogens is 254 g/mol. The molecule has 1 heterocycles. The molecule has 0 saturated heterocycles. The van der Waals surface area contributed by atoms with Crippen molar-refractivity contribution in [3.63, 3.8) is 0 Å². The number of aryl methyl sites for hydroxylation is 1. The van der Waals surface area contributed by atoms with Crippen molar-refractivity contribution in [1.29, 1.82) is 0 Å². The second-order valence-electron chi connectivity index (χ2n) is 4.96. The molecule has 2 aromatic rings. The summed E-state index contributed by atoms with van der Waals surface area (Å²) in [6.45, 7) is 1.63. The zero-order valence-electron chi connectivity index (χ0n) is 12.0. The van der Waals surface area contributed by atoms with Crippen molar-refractivity contribution in [2.75, 3.05) is 26.0 Å². The third kappa shape index (κ3) is 3.27. The first-order valence-electron chi connectivity index (χ1n) is 6.75. The van der Waals surface area contributed by atoms with E-state index in [0.29, 0.717) is 6.54 Å². The first-order chi connectivity index (χ1) is 9.61. The smallest absolute Gasteiger partial charge is 0.321 e. The molecule has 0 fully saturated rings. The Bertz CT molecular complexity index is 590. The number of amides is 2. The lowest BCUT2D eigenvalue weighted by Crippen LogP contribution is -2.27. The number of aromatic nitrogens is 2. The molecule has 1 aromatic heterocycles. The zero-order valence-corrected chi connectivity index (χ0v) is 12.0. The molecule has 0 aliphatic carbocycles. The van der Waals surface area contributed by atoms with E-state index in [1.807, 2.05) is 24.5 Å². The second kappa shape index (κ2) is 6.38. The van der Waals surface area contributed by atoms with Crippen LogP contribution in [0, 0.1) is 0 Å². The van der Waals surface area contributed by atoms with Crippen LogP contribution in [0.25, 0.3) is 11.0 Å². The Morgan fingerprint density at radius 3 is 2.90 bits per heavy atom. The van der Waals surface area contributed by atoms with Crippen LogP contribution in [0.5, 0.6) is 0 Å². The van der Waals surface area contributed by atoms with Crippen molar-refractivity contribution >= 4 is 22.8 Å². The Morgan fingerprint density at radius 2 is 2.20 bits per heavy atom. The zero-order chi connectivity index (χ0) is 14.5. The van der Waals surface area contributed by atoms with Gasteiger partial charge in [0.05, 0.1) is 17.4 Å². The number of benzene rings is 1. The van der Waals surface area contributed by atoms with E-state index in [2.05, 4.69) is 14.9 Å². The van der Waals surface area contributed by atoms with E-state index in [1.165, 1.54) is 4.90 Å². The van der Waals surface area contributed by atoms with Gasteiger partial charge < -0.3 is 20.5 Å². The van der Waals surface area contributed by atoms with E-state index < -0.39 is 0 Å². The number of hydrogen-bond acceptors (Lipinski definition) is 3. The SMILES string of the molecule is CN(C)C(=O)Nc1ccc2c(c1)ncn2CCCCN. The summed E-state index contributed by atoms with van der Waals surface area (Å²) in [5.74, 6) is 0. The predicted molar refractivity (Wildman–Crippen MR) is 80.7 cm³/mol. The van der Waals surface area contributed by atoms with Crippen LogP contribution in [0.1, 0.15) is 12.8 Å². The Kier molecular flexibility index (Phi) is 4.57. The number of nitrogens with two attached hydrogens (primary N) is 1. The highest BCUT2D eigenvalue weighted by Crippen LogP contribution is 2.19. The number of carbonyl (C=O) groups excluding carboxylic acids is 1. The molecule has 1 aromatic carbocycles. The van der Waals surface area contributed by atoms with E-state index in [4.69, 9.17) is 5.73 Å². The minimum Gasteiger partial charge on any atom is -0.331 e. The largest absolute Gasteiger partial charge is 0.331 e. The molecule has 2 amide bonds. The van der Waals surface area contributed by atoms with E-state index in [9.17, 15) is 4.79 Å². The Hall–Kier alpha value is -2.08. The van der Waals surface area contributed by atoms with E-state index in [-0.39, 0.29) is 6.03 Å². The highest BCUT2D eigenvalue weighted by Gasteiger charge is 2.07. The fraction of sp³-hybridized carbons (Fsp3) is 0.429. The molecule has 108 valence electrons. The van der Waals surface area contributed by atoms with Gasteiger partial charge in [-0.2, -0.15) is 0 Å². The summed E-state index contributed by atoms with van der Waals surface area (Å²) in [6.07, 6.45) is 3.89. The lowest BCUT2D eigenvalue weighted by molar-refractivity contribution is 0.230. The lowest BCUT2D eigenvalue weighted by Gasteiger charge is -2.12. The van der Waals surface area contributed by atoms with Crippen molar-refractivity contribution in [3.05, 3.63) is 24.5 Å². The third-order valence-electron chi connectivity index (χ3n) is 3.13. The Balaban J connectivity index is 2.13.